The molecule has 1 aromatic heterocycles. The van der Waals surface area contributed by atoms with Crippen molar-refractivity contribution in [3.63, 3.8) is 0 Å². The van der Waals surface area contributed by atoms with Gasteiger partial charge in [0.1, 0.15) is 0 Å². The second-order valence-corrected chi connectivity index (χ2v) is 5.01. The lowest BCUT2D eigenvalue weighted by molar-refractivity contribution is 0.514. The van der Waals surface area contributed by atoms with Crippen molar-refractivity contribution in [1.82, 2.24) is 15.1 Å². The zero-order valence-electron chi connectivity index (χ0n) is 12.3. The Hall–Kier alpha value is -0.830. The van der Waals surface area contributed by atoms with Gasteiger partial charge in [0, 0.05) is 24.3 Å². The average molecular weight is 251 g/mol. The Morgan fingerprint density at radius 3 is 2.67 bits per heavy atom. The maximum absolute atomic E-state index is 4.47. The van der Waals surface area contributed by atoms with E-state index in [2.05, 4.69) is 42.1 Å². The van der Waals surface area contributed by atoms with Gasteiger partial charge in [-0.15, -0.1) is 0 Å². The van der Waals surface area contributed by atoms with E-state index in [1.807, 2.05) is 6.20 Å². The van der Waals surface area contributed by atoms with Crippen molar-refractivity contribution in [3.8, 4) is 0 Å². The van der Waals surface area contributed by atoms with Crippen LogP contribution in [0.3, 0.4) is 0 Å². The largest absolute Gasteiger partial charge is 0.310 e. The van der Waals surface area contributed by atoms with E-state index in [0.717, 1.165) is 19.5 Å². The van der Waals surface area contributed by atoms with Crippen molar-refractivity contribution in [1.29, 1.82) is 0 Å². The molecule has 0 aromatic carbocycles. The summed E-state index contributed by atoms with van der Waals surface area (Å²) in [6.45, 7) is 8.82. The van der Waals surface area contributed by atoms with Crippen LogP contribution in [-0.4, -0.2) is 16.3 Å². The molecule has 0 aliphatic rings. The Morgan fingerprint density at radius 2 is 2.00 bits per heavy atom. The number of nitrogens with one attached hydrogen (secondary N) is 1. The van der Waals surface area contributed by atoms with E-state index in [4.69, 9.17) is 0 Å². The molecule has 3 nitrogen and oxygen atoms in total. The van der Waals surface area contributed by atoms with Gasteiger partial charge in [-0.25, -0.2) is 0 Å². The van der Waals surface area contributed by atoms with Crippen LogP contribution in [0.2, 0.25) is 0 Å². The van der Waals surface area contributed by atoms with Crippen molar-refractivity contribution < 1.29 is 0 Å². The number of hydrogen-bond donors (Lipinski definition) is 1. The van der Waals surface area contributed by atoms with Crippen LogP contribution in [0.15, 0.2) is 12.4 Å². The number of hydrogen-bond acceptors (Lipinski definition) is 2. The van der Waals surface area contributed by atoms with Gasteiger partial charge in [-0.05, 0) is 25.8 Å². The van der Waals surface area contributed by atoms with E-state index in [1.165, 1.54) is 37.7 Å². The quantitative estimate of drug-likeness (QED) is 0.639. The zero-order valence-corrected chi connectivity index (χ0v) is 12.3. The lowest BCUT2D eigenvalue weighted by Gasteiger charge is -2.14. The number of rotatable bonds is 10. The predicted molar refractivity (Wildman–Crippen MR) is 77.7 cm³/mol. The van der Waals surface area contributed by atoms with Crippen LogP contribution in [0.4, 0.5) is 0 Å². The highest BCUT2D eigenvalue weighted by molar-refractivity contribution is 5.10. The standard InChI is InChI=1S/C15H29N3/c1-4-7-8-9-11-18-13-14(12-17-18)15(6-3)16-10-5-2/h12-13,15-16H,4-11H2,1-3H3. The minimum Gasteiger partial charge on any atom is -0.310 e. The van der Waals surface area contributed by atoms with Crippen molar-refractivity contribution in [2.45, 2.75) is 71.9 Å². The molecule has 0 saturated heterocycles. The second-order valence-electron chi connectivity index (χ2n) is 5.01. The summed E-state index contributed by atoms with van der Waals surface area (Å²) < 4.78 is 2.10. The Morgan fingerprint density at radius 1 is 1.17 bits per heavy atom. The molecular weight excluding hydrogens is 222 g/mol. The first-order valence-electron chi connectivity index (χ1n) is 7.57. The summed E-state index contributed by atoms with van der Waals surface area (Å²) in [5.74, 6) is 0. The molecule has 0 spiro atoms. The van der Waals surface area contributed by atoms with Crippen molar-refractivity contribution >= 4 is 0 Å². The predicted octanol–water partition coefficient (Wildman–Crippen LogP) is 3.91. The highest BCUT2D eigenvalue weighted by Crippen LogP contribution is 2.15. The monoisotopic (exact) mass is 251 g/mol. The molecular formula is C15H29N3. The maximum Gasteiger partial charge on any atom is 0.0537 e. The topological polar surface area (TPSA) is 29.9 Å². The van der Waals surface area contributed by atoms with Gasteiger partial charge in [-0.2, -0.15) is 5.10 Å². The molecule has 0 fully saturated rings. The van der Waals surface area contributed by atoms with E-state index in [9.17, 15) is 0 Å². The van der Waals surface area contributed by atoms with E-state index in [-0.39, 0.29) is 0 Å². The molecule has 1 unspecified atom stereocenters. The highest BCUT2D eigenvalue weighted by Gasteiger charge is 2.10. The number of aryl methyl sites for hydroxylation is 1. The lowest BCUT2D eigenvalue weighted by Crippen LogP contribution is -2.21. The van der Waals surface area contributed by atoms with Crippen LogP contribution in [0, 0.1) is 0 Å². The van der Waals surface area contributed by atoms with Gasteiger partial charge >= 0.3 is 0 Å². The van der Waals surface area contributed by atoms with Crippen LogP contribution in [-0.2, 0) is 6.54 Å². The lowest BCUT2D eigenvalue weighted by atomic mass is 10.1. The van der Waals surface area contributed by atoms with Gasteiger partial charge < -0.3 is 5.32 Å². The smallest absolute Gasteiger partial charge is 0.0537 e. The molecule has 1 heterocycles. The second kappa shape index (κ2) is 9.15. The molecule has 18 heavy (non-hydrogen) atoms. The first-order valence-corrected chi connectivity index (χ1v) is 7.57. The van der Waals surface area contributed by atoms with Crippen LogP contribution < -0.4 is 5.32 Å². The molecule has 3 heteroatoms. The van der Waals surface area contributed by atoms with Gasteiger partial charge in [-0.1, -0.05) is 40.0 Å². The van der Waals surface area contributed by atoms with Crippen LogP contribution in [0.25, 0.3) is 0 Å². The average Bonchev–Trinajstić information content (AvgIpc) is 2.84. The molecule has 1 atom stereocenters. The fraction of sp³-hybridized carbons (Fsp3) is 0.800. The van der Waals surface area contributed by atoms with Gasteiger partial charge in [0.05, 0.1) is 6.20 Å². The third-order valence-corrected chi connectivity index (χ3v) is 3.35. The Kier molecular flexibility index (Phi) is 7.74. The highest BCUT2D eigenvalue weighted by atomic mass is 15.3. The normalized spacial score (nSPS) is 12.8. The third-order valence-electron chi connectivity index (χ3n) is 3.35. The molecule has 0 aliphatic heterocycles. The maximum atomic E-state index is 4.47. The Labute approximate surface area is 112 Å². The first-order chi connectivity index (χ1) is 8.81. The minimum absolute atomic E-state index is 0.467. The number of nitrogens with zero attached hydrogens (tertiary/aromatic N) is 2. The summed E-state index contributed by atoms with van der Waals surface area (Å²) in [5.41, 5.74) is 1.33. The zero-order chi connectivity index (χ0) is 13.2. The van der Waals surface area contributed by atoms with Gasteiger partial charge in [0.2, 0.25) is 0 Å². The molecule has 1 aromatic rings. The fourth-order valence-electron chi connectivity index (χ4n) is 2.20. The van der Waals surface area contributed by atoms with Gasteiger partial charge in [0.15, 0.2) is 0 Å². The SMILES string of the molecule is CCCCCCn1cc(C(CC)NCCC)cn1. The Balaban J connectivity index is 2.40. The first kappa shape index (κ1) is 15.2. The summed E-state index contributed by atoms with van der Waals surface area (Å²) >= 11 is 0. The third kappa shape index (κ3) is 5.21. The molecule has 0 saturated carbocycles. The molecule has 0 aliphatic carbocycles. The van der Waals surface area contributed by atoms with Crippen molar-refractivity contribution in [2.24, 2.45) is 0 Å². The number of unbranched alkanes of at least 4 members (excludes halogenated alkanes) is 3. The fourth-order valence-corrected chi connectivity index (χ4v) is 2.20. The summed E-state index contributed by atoms with van der Waals surface area (Å²) in [7, 11) is 0. The van der Waals surface area contributed by atoms with Crippen molar-refractivity contribution in [2.75, 3.05) is 6.54 Å². The summed E-state index contributed by atoms with van der Waals surface area (Å²) in [6, 6.07) is 0.467. The summed E-state index contributed by atoms with van der Waals surface area (Å²) in [6.07, 6.45) is 11.7. The molecule has 0 radical (unpaired) electrons. The van der Waals surface area contributed by atoms with E-state index >= 15 is 0 Å². The van der Waals surface area contributed by atoms with Crippen molar-refractivity contribution in [3.05, 3.63) is 18.0 Å². The Bertz CT molecular complexity index is 306. The molecule has 0 bridgehead atoms. The molecule has 0 amide bonds. The molecule has 104 valence electrons. The van der Waals surface area contributed by atoms with E-state index < -0.39 is 0 Å². The molecule has 1 rings (SSSR count). The van der Waals surface area contributed by atoms with Crippen LogP contribution >= 0.6 is 0 Å². The van der Waals surface area contributed by atoms with Crippen LogP contribution in [0.1, 0.15) is 70.9 Å². The summed E-state index contributed by atoms with van der Waals surface area (Å²) in [4.78, 5) is 0. The minimum atomic E-state index is 0.467. The molecule has 1 N–H and O–H groups in total. The number of aromatic nitrogens is 2. The van der Waals surface area contributed by atoms with E-state index in [1.54, 1.807) is 0 Å². The van der Waals surface area contributed by atoms with Gasteiger partial charge in [-0.3, -0.25) is 4.68 Å². The van der Waals surface area contributed by atoms with E-state index in [0.29, 0.717) is 6.04 Å². The summed E-state index contributed by atoms with van der Waals surface area (Å²) in [5, 5.41) is 8.04. The van der Waals surface area contributed by atoms with Gasteiger partial charge in [0.25, 0.3) is 0 Å². The van der Waals surface area contributed by atoms with Crippen LogP contribution in [0.5, 0.6) is 0 Å².